The molecule has 1 aromatic heterocycles. The quantitative estimate of drug-likeness (QED) is 0.627. The van der Waals surface area contributed by atoms with Gasteiger partial charge in [-0.15, -0.1) is 0 Å². The number of hydrogen-bond acceptors (Lipinski definition) is 5. The first-order valence-corrected chi connectivity index (χ1v) is 9.98. The SMILES string of the molecule is CCC(C)NC(=O)COc1c(-c2ccc(OC)cc2)oc2cc(C)c(C)cc2c1=O. The van der Waals surface area contributed by atoms with Crippen molar-refractivity contribution in [1.82, 2.24) is 5.32 Å². The summed E-state index contributed by atoms with van der Waals surface area (Å²) < 4.78 is 17.0. The zero-order valence-corrected chi connectivity index (χ0v) is 18.0. The molecule has 1 unspecified atom stereocenters. The van der Waals surface area contributed by atoms with Crippen molar-refractivity contribution in [1.29, 1.82) is 0 Å². The van der Waals surface area contributed by atoms with Crippen molar-refractivity contribution in [3.8, 4) is 22.8 Å². The molecule has 0 spiro atoms. The minimum atomic E-state index is -0.304. The predicted octanol–water partition coefficient (Wildman–Crippen LogP) is 4.38. The molecular formula is C24H27NO5. The van der Waals surface area contributed by atoms with Crippen molar-refractivity contribution < 1.29 is 18.7 Å². The Kier molecular flexibility index (Phi) is 6.45. The number of nitrogens with one attached hydrogen (secondary N) is 1. The first-order chi connectivity index (χ1) is 14.3. The van der Waals surface area contributed by atoms with E-state index >= 15 is 0 Å². The van der Waals surface area contributed by atoms with E-state index in [9.17, 15) is 9.59 Å². The van der Waals surface area contributed by atoms with Crippen LogP contribution < -0.4 is 20.2 Å². The lowest BCUT2D eigenvalue weighted by molar-refractivity contribution is -0.123. The highest BCUT2D eigenvalue weighted by Gasteiger charge is 2.20. The highest BCUT2D eigenvalue weighted by molar-refractivity contribution is 5.84. The van der Waals surface area contributed by atoms with Crippen molar-refractivity contribution in [2.24, 2.45) is 0 Å². The van der Waals surface area contributed by atoms with E-state index in [1.165, 1.54) is 0 Å². The average molecular weight is 409 g/mol. The van der Waals surface area contributed by atoms with Gasteiger partial charge in [0.15, 0.2) is 12.4 Å². The molecule has 1 amide bonds. The molecule has 1 atom stereocenters. The van der Waals surface area contributed by atoms with Gasteiger partial charge in [-0.2, -0.15) is 0 Å². The van der Waals surface area contributed by atoms with Crippen LogP contribution in [0.3, 0.4) is 0 Å². The minimum Gasteiger partial charge on any atom is -0.497 e. The molecule has 0 aliphatic heterocycles. The van der Waals surface area contributed by atoms with Gasteiger partial charge >= 0.3 is 0 Å². The summed E-state index contributed by atoms with van der Waals surface area (Å²) in [5.41, 5.74) is 2.83. The maximum Gasteiger partial charge on any atom is 0.258 e. The van der Waals surface area contributed by atoms with Gasteiger partial charge in [0.2, 0.25) is 11.2 Å². The number of aryl methyl sites for hydroxylation is 2. The van der Waals surface area contributed by atoms with Crippen LogP contribution in [-0.2, 0) is 4.79 Å². The fourth-order valence-electron chi connectivity index (χ4n) is 3.05. The first-order valence-electron chi connectivity index (χ1n) is 9.98. The molecule has 0 bridgehead atoms. The molecular weight excluding hydrogens is 382 g/mol. The van der Waals surface area contributed by atoms with Crippen molar-refractivity contribution in [2.45, 2.75) is 40.2 Å². The second kappa shape index (κ2) is 9.03. The van der Waals surface area contributed by atoms with E-state index in [2.05, 4.69) is 5.32 Å². The number of amides is 1. The summed E-state index contributed by atoms with van der Waals surface area (Å²) in [5.74, 6) is 0.707. The molecule has 30 heavy (non-hydrogen) atoms. The Morgan fingerprint density at radius 2 is 1.80 bits per heavy atom. The molecule has 6 nitrogen and oxygen atoms in total. The summed E-state index contributed by atoms with van der Waals surface area (Å²) in [5, 5.41) is 3.26. The summed E-state index contributed by atoms with van der Waals surface area (Å²) in [6, 6.07) is 10.8. The van der Waals surface area contributed by atoms with E-state index in [4.69, 9.17) is 13.9 Å². The Morgan fingerprint density at radius 1 is 1.13 bits per heavy atom. The van der Waals surface area contributed by atoms with Crippen LogP contribution in [0.25, 0.3) is 22.3 Å². The lowest BCUT2D eigenvalue weighted by atomic mass is 10.0. The van der Waals surface area contributed by atoms with Crippen molar-refractivity contribution in [2.75, 3.05) is 13.7 Å². The smallest absolute Gasteiger partial charge is 0.258 e. The fourth-order valence-corrected chi connectivity index (χ4v) is 3.05. The van der Waals surface area contributed by atoms with E-state index in [-0.39, 0.29) is 35.5 Å². The molecule has 3 aromatic rings. The van der Waals surface area contributed by atoms with Gasteiger partial charge in [0.05, 0.1) is 12.5 Å². The van der Waals surface area contributed by atoms with Gasteiger partial charge < -0.3 is 19.2 Å². The highest BCUT2D eigenvalue weighted by Crippen LogP contribution is 2.32. The van der Waals surface area contributed by atoms with Gasteiger partial charge in [-0.25, -0.2) is 0 Å². The molecule has 2 aromatic carbocycles. The second-order valence-corrected chi connectivity index (χ2v) is 7.42. The first kappa shape index (κ1) is 21.4. The summed E-state index contributed by atoms with van der Waals surface area (Å²) in [6.07, 6.45) is 0.805. The fraction of sp³-hybridized carbons (Fsp3) is 0.333. The topological polar surface area (TPSA) is 77.8 Å². The van der Waals surface area contributed by atoms with Crippen LogP contribution in [0.2, 0.25) is 0 Å². The molecule has 0 aliphatic rings. The zero-order valence-electron chi connectivity index (χ0n) is 18.0. The normalized spacial score (nSPS) is 11.9. The van der Waals surface area contributed by atoms with Crippen molar-refractivity contribution in [3.05, 3.63) is 57.7 Å². The lowest BCUT2D eigenvalue weighted by Gasteiger charge is -2.14. The van der Waals surface area contributed by atoms with Gasteiger partial charge in [0.1, 0.15) is 11.3 Å². The van der Waals surface area contributed by atoms with Crippen LogP contribution in [0.1, 0.15) is 31.4 Å². The molecule has 0 saturated heterocycles. The zero-order chi connectivity index (χ0) is 21.8. The van der Waals surface area contributed by atoms with Gasteiger partial charge in [0.25, 0.3) is 5.91 Å². The summed E-state index contributed by atoms with van der Waals surface area (Å²) in [4.78, 5) is 25.5. The summed E-state index contributed by atoms with van der Waals surface area (Å²) in [6.45, 7) is 7.53. The van der Waals surface area contributed by atoms with E-state index in [1.807, 2.05) is 33.8 Å². The average Bonchev–Trinajstić information content (AvgIpc) is 2.74. The molecule has 1 N–H and O–H groups in total. The van der Waals surface area contributed by atoms with Gasteiger partial charge in [-0.1, -0.05) is 6.92 Å². The molecule has 0 saturated carbocycles. The number of carbonyl (C=O) groups is 1. The Balaban J connectivity index is 2.09. The Labute approximate surface area is 175 Å². The van der Waals surface area contributed by atoms with Crippen LogP contribution in [0.5, 0.6) is 11.5 Å². The van der Waals surface area contributed by atoms with Crippen LogP contribution in [-0.4, -0.2) is 25.7 Å². The van der Waals surface area contributed by atoms with Gasteiger partial charge in [-0.3, -0.25) is 9.59 Å². The molecule has 0 fully saturated rings. The number of carbonyl (C=O) groups excluding carboxylic acids is 1. The molecule has 3 rings (SSSR count). The van der Waals surface area contributed by atoms with E-state index < -0.39 is 0 Å². The molecule has 0 radical (unpaired) electrons. The summed E-state index contributed by atoms with van der Waals surface area (Å²) >= 11 is 0. The van der Waals surface area contributed by atoms with Crippen LogP contribution in [0, 0.1) is 13.8 Å². The van der Waals surface area contributed by atoms with Crippen molar-refractivity contribution in [3.63, 3.8) is 0 Å². The van der Waals surface area contributed by atoms with Gasteiger partial charge in [0, 0.05) is 11.6 Å². The Hall–Kier alpha value is -3.28. The third-order valence-corrected chi connectivity index (χ3v) is 5.18. The lowest BCUT2D eigenvalue weighted by Crippen LogP contribution is -2.36. The maximum atomic E-state index is 13.3. The van der Waals surface area contributed by atoms with Crippen LogP contribution >= 0.6 is 0 Å². The maximum absolute atomic E-state index is 13.3. The van der Waals surface area contributed by atoms with Crippen LogP contribution in [0.4, 0.5) is 0 Å². The minimum absolute atomic E-state index is 0.0234. The van der Waals surface area contributed by atoms with Crippen molar-refractivity contribution >= 4 is 16.9 Å². The second-order valence-electron chi connectivity index (χ2n) is 7.42. The number of ether oxygens (including phenoxy) is 2. The third-order valence-electron chi connectivity index (χ3n) is 5.18. The molecule has 1 heterocycles. The van der Waals surface area contributed by atoms with Crippen LogP contribution in [0.15, 0.2) is 45.6 Å². The largest absolute Gasteiger partial charge is 0.497 e. The Bertz CT molecular complexity index is 1120. The molecule has 6 heteroatoms. The monoisotopic (exact) mass is 409 g/mol. The molecule has 158 valence electrons. The molecule has 0 aliphatic carbocycles. The number of rotatable bonds is 7. The van der Waals surface area contributed by atoms with E-state index in [1.54, 1.807) is 37.4 Å². The standard InChI is InChI=1S/C24H27NO5/c1-6-16(4)25-21(26)13-29-24-22(27)19-11-14(2)15(3)12-20(19)30-23(24)17-7-9-18(28-5)10-8-17/h7-12,16H,6,13H2,1-5H3,(H,25,26). The number of methoxy groups -OCH3 is 1. The highest BCUT2D eigenvalue weighted by atomic mass is 16.5. The van der Waals surface area contributed by atoms with E-state index in [0.717, 1.165) is 17.5 Å². The van der Waals surface area contributed by atoms with Gasteiger partial charge in [-0.05, 0) is 74.7 Å². The summed E-state index contributed by atoms with van der Waals surface area (Å²) in [7, 11) is 1.58. The Morgan fingerprint density at radius 3 is 2.43 bits per heavy atom. The number of fused-ring (bicyclic) bond motifs is 1. The predicted molar refractivity (Wildman–Crippen MR) is 117 cm³/mol. The van der Waals surface area contributed by atoms with E-state index in [0.29, 0.717) is 22.3 Å². The number of hydrogen-bond donors (Lipinski definition) is 1. The number of benzene rings is 2. The third kappa shape index (κ3) is 4.48.